The molecule has 0 bridgehead atoms. The third kappa shape index (κ3) is 72.2. The monoisotopic (exact) mass is 1600 g/mol. The number of rotatable bonds is 76. The number of hydrogen-bond acceptors (Lipinski definition) is 20. The molecule has 10 atom stereocenters. The summed E-state index contributed by atoms with van der Waals surface area (Å²) in [5.74, 6) is -2.00. The molecule has 2 aliphatic heterocycles. The summed E-state index contributed by atoms with van der Waals surface area (Å²) in [6.45, 7) is 12.3. The highest BCUT2D eigenvalue weighted by Gasteiger charge is 2.42. The van der Waals surface area contributed by atoms with E-state index in [1.165, 1.54) is 309 Å². The number of aliphatic hydroxyl groups excluding tert-OH is 8. The van der Waals surface area contributed by atoms with E-state index in [-0.39, 0.29) is 25.2 Å². The first-order chi connectivity index (χ1) is 54.5. The largest absolute Gasteiger partial charge is 0.464 e. The van der Waals surface area contributed by atoms with E-state index >= 15 is 0 Å². The molecule has 2 saturated heterocycles. The van der Waals surface area contributed by atoms with E-state index in [4.69, 9.17) is 43.4 Å². The Kier molecular flexibility index (Phi) is 85.1. The molecule has 666 valence electrons. The fraction of sp³-hybridized carbons (Fsp3) is 0.946. The SMILES string of the molecule is CCCCCCCCCCCC(=O)O[C@H](CO)[C@H]1OC[C@H](O)[C@H]1O.CCCCCCCCCCCCCCCC(=O)O[C@H](CO)[C@H]1OC[C@H](O)[C@H]1O.CCCCCCCCCCCCCCCCOC(=O)C(C)O.CCCCCCCCCCCCOC(=O)C(C)OC(=O)CCCCCCCCCCCCCCCCCO. The predicted molar refractivity (Wildman–Crippen MR) is 452 cm³/mol. The number of unbranched alkanes of at least 4 members (excludes halogenated alkanes) is 56. The molecule has 2 unspecified atom stereocenters. The van der Waals surface area contributed by atoms with Crippen molar-refractivity contribution in [2.75, 3.05) is 46.2 Å². The van der Waals surface area contributed by atoms with Gasteiger partial charge in [0, 0.05) is 25.9 Å². The lowest BCUT2D eigenvalue weighted by Gasteiger charge is -2.24. The fourth-order valence-corrected chi connectivity index (χ4v) is 14.1. The highest BCUT2D eigenvalue weighted by atomic mass is 16.6. The molecule has 20 heteroatoms. The topological polar surface area (TPSA) is 312 Å². The third-order valence-corrected chi connectivity index (χ3v) is 21.5. The van der Waals surface area contributed by atoms with Gasteiger partial charge in [0.15, 0.2) is 18.3 Å². The second kappa shape index (κ2) is 85.8. The first kappa shape index (κ1) is 111. The molecule has 0 aromatic heterocycles. The van der Waals surface area contributed by atoms with E-state index in [1.54, 1.807) is 6.92 Å². The molecular weight excluding hydrogens is 1420 g/mol. The van der Waals surface area contributed by atoms with Gasteiger partial charge in [0.25, 0.3) is 0 Å². The standard InChI is InChI=1S/C33H64O5.C22H42O6.C19H38O3.C18H34O6/c1-3-4-5-6-7-8-18-21-24-27-30-37-33(36)31(2)38-32(35)28-25-22-19-16-14-12-10-9-11-13-15-17-20-23-26-29-34;1-2-3-4-5-6-7-8-9-10-11-12-13-14-15-20(25)28-19(16-23)22-21(26)18(24)17-27-22;1-3-4-5-6-7-8-9-10-11-12-13-14-15-16-17-22-19(21)18(2)20;1-2-3-4-5-6-7-8-9-10-11-16(21)24-15(12-19)18-17(22)14(20)13-23-18/h31,34H,3-30H2,1-2H3;18-19,21-24,26H,2-17H2,1H3;18,20H,3-17H2,1-2H3;14-15,17-20,22H,2-13H2,1H3/t;18-,19+,21+,22+;;14-,15+,17+,18+/m.0.0/s1. The van der Waals surface area contributed by atoms with Crippen LogP contribution >= 0.6 is 0 Å². The number of esters is 5. The van der Waals surface area contributed by atoms with Crippen LogP contribution in [-0.2, 0) is 57.1 Å². The Morgan fingerprint density at radius 3 is 0.732 bits per heavy atom. The van der Waals surface area contributed by atoms with E-state index in [2.05, 4.69) is 27.7 Å². The van der Waals surface area contributed by atoms with Gasteiger partial charge in [-0.05, 0) is 52.4 Å². The van der Waals surface area contributed by atoms with Crippen LogP contribution in [0.1, 0.15) is 452 Å². The summed E-state index contributed by atoms with van der Waals surface area (Å²) < 4.78 is 36.3. The van der Waals surface area contributed by atoms with Crippen molar-refractivity contribution in [1.82, 2.24) is 0 Å². The molecule has 0 aliphatic carbocycles. The third-order valence-electron chi connectivity index (χ3n) is 21.5. The average Bonchev–Trinajstić information content (AvgIpc) is 1.86. The summed E-state index contributed by atoms with van der Waals surface area (Å²) in [6.07, 6.45) is 67.3. The maximum absolute atomic E-state index is 12.1. The molecule has 8 N–H and O–H groups in total. The molecule has 2 rings (SSSR count). The normalized spacial score (nSPS) is 17.6. The lowest BCUT2D eigenvalue weighted by molar-refractivity contribution is -0.166. The molecular formula is C92H178O20. The maximum Gasteiger partial charge on any atom is 0.347 e. The first-order valence-electron chi connectivity index (χ1n) is 46.9. The second-order valence-corrected chi connectivity index (χ2v) is 32.4. The molecule has 2 heterocycles. The summed E-state index contributed by atoms with van der Waals surface area (Å²) >= 11 is 0. The van der Waals surface area contributed by atoms with Crippen LogP contribution in [0.5, 0.6) is 0 Å². The zero-order valence-corrected chi connectivity index (χ0v) is 73.0. The van der Waals surface area contributed by atoms with Crippen molar-refractivity contribution < 1.29 is 98.0 Å². The van der Waals surface area contributed by atoms with E-state index in [1.807, 2.05) is 0 Å². The van der Waals surface area contributed by atoms with Crippen molar-refractivity contribution in [2.45, 2.75) is 514 Å². The van der Waals surface area contributed by atoms with Crippen molar-refractivity contribution in [3.63, 3.8) is 0 Å². The Bertz CT molecular complexity index is 2020. The van der Waals surface area contributed by atoms with Gasteiger partial charge in [-0.1, -0.05) is 381 Å². The van der Waals surface area contributed by atoms with Gasteiger partial charge in [-0.25, -0.2) is 9.59 Å². The number of ether oxygens (including phenoxy) is 7. The quantitative estimate of drug-likeness (QED) is 0.0159. The molecule has 112 heavy (non-hydrogen) atoms. The average molecular weight is 1600 g/mol. The Morgan fingerprint density at radius 1 is 0.304 bits per heavy atom. The van der Waals surface area contributed by atoms with E-state index in [0.29, 0.717) is 39.1 Å². The van der Waals surface area contributed by atoms with Gasteiger partial charge in [0.1, 0.15) is 42.7 Å². The summed E-state index contributed by atoms with van der Waals surface area (Å²) in [7, 11) is 0. The molecule has 0 amide bonds. The lowest BCUT2D eigenvalue weighted by atomic mass is 10.0. The van der Waals surface area contributed by atoms with Crippen LogP contribution in [0.2, 0.25) is 0 Å². The van der Waals surface area contributed by atoms with Crippen LogP contribution in [0.3, 0.4) is 0 Å². The molecule has 0 aromatic rings. The van der Waals surface area contributed by atoms with Gasteiger partial charge >= 0.3 is 29.8 Å². The Morgan fingerprint density at radius 2 is 0.518 bits per heavy atom. The van der Waals surface area contributed by atoms with Crippen LogP contribution in [0.25, 0.3) is 0 Å². The summed E-state index contributed by atoms with van der Waals surface area (Å²) in [5, 5.41) is 74.9. The first-order valence-corrected chi connectivity index (χ1v) is 46.9. The van der Waals surface area contributed by atoms with Crippen molar-refractivity contribution in [3.05, 3.63) is 0 Å². The fourth-order valence-electron chi connectivity index (χ4n) is 14.1. The van der Waals surface area contributed by atoms with Crippen molar-refractivity contribution in [3.8, 4) is 0 Å². The van der Waals surface area contributed by atoms with Crippen molar-refractivity contribution in [2.24, 2.45) is 0 Å². The summed E-state index contributed by atoms with van der Waals surface area (Å²) in [5.41, 5.74) is 0. The summed E-state index contributed by atoms with van der Waals surface area (Å²) in [6, 6.07) is 0. The minimum atomic E-state index is -1.14. The highest BCUT2D eigenvalue weighted by Crippen LogP contribution is 2.24. The summed E-state index contributed by atoms with van der Waals surface area (Å²) in [4.78, 5) is 58.8. The van der Waals surface area contributed by atoms with Gasteiger partial charge in [0.2, 0.25) is 0 Å². The van der Waals surface area contributed by atoms with E-state index < -0.39 is 92.2 Å². The number of carbonyl (C=O) groups is 5. The van der Waals surface area contributed by atoms with Crippen LogP contribution in [-0.4, -0.2) is 178 Å². The van der Waals surface area contributed by atoms with Crippen molar-refractivity contribution in [1.29, 1.82) is 0 Å². The van der Waals surface area contributed by atoms with Crippen LogP contribution in [0, 0.1) is 0 Å². The molecule has 0 saturated carbocycles. The Labute approximate surface area is 684 Å². The Hall–Kier alpha value is -3.05. The molecule has 0 radical (unpaired) electrons. The molecule has 2 aliphatic rings. The van der Waals surface area contributed by atoms with Crippen LogP contribution in [0.15, 0.2) is 0 Å². The van der Waals surface area contributed by atoms with E-state index in [9.17, 15) is 54.6 Å². The van der Waals surface area contributed by atoms with Crippen LogP contribution < -0.4 is 0 Å². The van der Waals surface area contributed by atoms with Gasteiger partial charge < -0.3 is 74.0 Å². The van der Waals surface area contributed by atoms with Crippen LogP contribution in [0.4, 0.5) is 0 Å². The molecule has 20 nitrogen and oxygen atoms in total. The van der Waals surface area contributed by atoms with Gasteiger partial charge in [-0.2, -0.15) is 0 Å². The van der Waals surface area contributed by atoms with Gasteiger partial charge in [-0.3, -0.25) is 14.4 Å². The van der Waals surface area contributed by atoms with Gasteiger partial charge in [-0.15, -0.1) is 0 Å². The van der Waals surface area contributed by atoms with E-state index in [0.717, 1.165) is 89.9 Å². The molecule has 2 fully saturated rings. The minimum absolute atomic E-state index is 0.0151. The van der Waals surface area contributed by atoms with Crippen molar-refractivity contribution >= 4 is 29.8 Å². The number of aliphatic hydroxyl groups is 8. The predicted octanol–water partition coefficient (Wildman–Crippen LogP) is 20.4. The smallest absolute Gasteiger partial charge is 0.347 e. The number of hydrogen-bond donors (Lipinski definition) is 8. The molecule has 0 aromatic carbocycles. The zero-order valence-electron chi connectivity index (χ0n) is 73.0. The highest BCUT2D eigenvalue weighted by molar-refractivity contribution is 5.79. The van der Waals surface area contributed by atoms with Gasteiger partial charge in [0.05, 0.1) is 39.6 Å². The number of carbonyl (C=O) groups excluding carboxylic acids is 5. The zero-order chi connectivity index (χ0) is 82.8. The second-order valence-electron chi connectivity index (χ2n) is 32.4. The minimum Gasteiger partial charge on any atom is -0.464 e. The molecule has 0 spiro atoms. The lowest BCUT2D eigenvalue weighted by Crippen LogP contribution is -2.43. The maximum atomic E-state index is 12.1. The Balaban J connectivity index is 0.